The van der Waals surface area contributed by atoms with Crippen LogP contribution < -0.4 is 5.43 Å². The first-order valence-corrected chi connectivity index (χ1v) is 9.36. The van der Waals surface area contributed by atoms with Crippen LogP contribution in [0.15, 0.2) is 29.4 Å². The van der Waals surface area contributed by atoms with Crippen molar-refractivity contribution in [3.8, 4) is 0 Å². The number of carbonyl (C=O) groups excluding carboxylic acids is 1. The Kier molecular flexibility index (Phi) is 5.78. The van der Waals surface area contributed by atoms with Gasteiger partial charge >= 0.3 is 0 Å². The van der Waals surface area contributed by atoms with Gasteiger partial charge in [-0.15, -0.1) is 0 Å². The number of hydrazone groups is 1. The molecule has 2 N–H and O–H groups in total. The van der Waals surface area contributed by atoms with Gasteiger partial charge in [0.1, 0.15) is 0 Å². The lowest BCUT2D eigenvalue weighted by Gasteiger charge is -2.47. The van der Waals surface area contributed by atoms with Crippen LogP contribution in [0.25, 0.3) is 0 Å². The number of rotatable bonds is 7. The Labute approximate surface area is 162 Å². The van der Waals surface area contributed by atoms with Gasteiger partial charge in [-0.05, 0) is 26.3 Å². The predicted octanol–water partition coefficient (Wildman–Crippen LogP) is 1.95. The molecule has 4 unspecified atom stereocenters. The molecule has 9 heteroatoms. The van der Waals surface area contributed by atoms with Crippen LogP contribution in [0.3, 0.4) is 0 Å². The van der Waals surface area contributed by atoms with Gasteiger partial charge in [-0.2, -0.15) is 5.10 Å². The molecule has 1 aliphatic carbocycles. The van der Waals surface area contributed by atoms with E-state index in [4.69, 9.17) is 9.47 Å². The number of amides is 1. The number of non-ortho nitro benzene ring substituents is 1. The predicted molar refractivity (Wildman–Crippen MR) is 101 cm³/mol. The number of hydrogen-bond donors (Lipinski definition) is 2. The van der Waals surface area contributed by atoms with Crippen molar-refractivity contribution >= 4 is 17.3 Å². The molecule has 2 aliphatic rings. The van der Waals surface area contributed by atoms with Gasteiger partial charge < -0.3 is 14.6 Å². The van der Waals surface area contributed by atoms with Gasteiger partial charge in [0.2, 0.25) is 5.91 Å². The van der Waals surface area contributed by atoms with Gasteiger partial charge in [0.25, 0.3) is 5.69 Å². The summed E-state index contributed by atoms with van der Waals surface area (Å²) in [5, 5.41) is 26.7. The minimum absolute atomic E-state index is 0.0808. The van der Waals surface area contributed by atoms with Crippen molar-refractivity contribution < 1.29 is 24.3 Å². The molecule has 152 valence electrons. The van der Waals surface area contributed by atoms with Gasteiger partial charge in [0, 0.05) is 43.6 Å². The zero-order valence-electron chi connectivity index (χ0n) is 16.1. The van der Waals surface area contributed by atoms with Crippen LogP contribution in [0.4, 0.5) is 5.69 Å². The van der Waals surface area contributed by atoms with Crippen LogP contribution >= 0.6 is 0 Å². The van der Waals surface area contributed by atoms with E-state index in [9.17, 15) is 20.0 Å². The zero-order chi connectivity index (χ0) is 20.5. The fourth-order valence-electron chi connectivity index (χ4n) is 4.31. The van der Waals surface area contributed by atoms with E-state index in [-0.39, 0.29) is 18.0 Å². The molecule has 0 aromatic heterocycles. The van der Waals surface area contributed by atoms with Crippen molar-refractivity contribution in [2.24, 2.45) is 16.9 Å². The van der Waals surface area contributed by atoms with Gasteiger partial charge in [-0.25, -0.2) is 5.43 Å². The molecule has 1 fully saturated rings. The summed E-state index contributed by atoms with van der Waals surface area (Å²) >= 11 is 0. The minimum Gasteiger partial charge on any atom is -0.389 e. The van der Waals surface area contributed by atoms with Gasteiger partial charge in [0.15, 0.2) is 6.29 Å². The van der Waals surface area contributed by atoms with Crippen molar-refractivity contribution in [1.82, 2.24) is 5.43 Å². The normalized spacial score (nSPS) is 29.4. The van der Waals surface area contributed by atoms with Crippen LogP contribution in [0.2, 0.25) is 0 Å². The second kappa shape index (κ2) is 7.94. The third-order valence-electron chi connectivity index (χ3n) is 5.38. The Balaban J connectivity index is 2.15. The zero-order valence-corrected chi connectivity index (χ0v) is 16.1. The van der Waals surface area contributed by atoms with Crippen molar-refractivity contribution in [2.75, 3.05) is 13.2 Å². The van der Waals surface area contributed by atoms with Gasteiger partial charge in [-0.3, -0.25) is 14.9 Å². The third-order valence-corrected chi connectivity index (χ3v) is 5.38. The Morgan fingerprint density at radius 3 is 2.68 bits per heavy atom. The van der Waals surface area contributed by atoms with Crippen molar-refractivity contribution in [2.45, 2.75) is 45.0 Å². The summed E-state index contributed by atoms with van der Waals surface area (Å²) in [5.74, 6) is -2.15. The Hall–Kier alpha value is -2.36. The second-order valence-electron chi connectivity index (χ2n) is 7.27. The van der Waals surface area contributed by atoms with E-state index >= 15 is 0 Å². The summed E-state index contributed by atoms with van der Waals surface area (Å²) in [7, 11) is 0. The first-order valence-electron chi connectivity index (χ1n) is 9.36. The number of nitrogens with one attached hydrogen (secondary N) is 1. The fourth-order valence-corrected chi connectivity index (χ4v) is 4.31. The average molecular weight is 391 g/mol. The Bertz CT molecular complexity index is 788. The molecule has 1 saturated carbocycles. The molecule has 1 amide bonds. The highest BCUT2D eigenvalue weighted by Gasteiger charge is 2.56. The molecule has 1 heterocycles. The number of fused-ring (bicyclic) bond motifs is 1. The number of benzene rings is 1. The topological polar surface area (TPSA) is 123 Å². The lowest BCUT2D eigenvalue weighted by Crippen LogP contribution is -2.56. The van der Waals surface area contributed by atoms with Gasteiger partial charge in [0.05, 0.1) is 22.2 Å². The lowest BCUT2D eigenvalue weighted by molar-refractivity contribution is -0.385. The van der Waals surface area contributed by atoms with Crippen LogP contribution in [0.5, 0.6) is 0 Å². The maximum absolute atomic E-state index is 12.6. The van der Waals surface area contributed by atoms with Crippen LogP contribution in [-0.4, -0.2) is 46.8 Å². The monoisotopic (exact) mass is 391 g/mol. The number of ether oxygens (including phenoxy) is 2. The Morgan fingerprint density at radius 2 is 2.07 bits per heavy atom. The highest BCUT2D eigenvalue weighted by Crippen LogP contribution is 2.49. The number of nitro benzene ring substituents is 1. The number of aliphatic hydroxyl groups is 1. The van der Waals surface area contributed by atoms with E-state index in [2.05, 4.69) is 10.5 Å². The molecule has 0 saturated heterocycles. The number of nitrogens with zero attached hydrogens (tertiary/aromatic N) is 2. The molecule has 1 aromatic rings. The maximum Gasteiger partial charge on any atom is 0.269 e. The van der Waals surface area contributed by atoms with Crippen molar-refractivity contribution in [1.29, 1.82) is 0 Å². The molecule has 3 rings (SSSR count). The summed E-state index contributed by atoms with van der Waals surface area (Å²) < 4.78 is 11.6. The van der Waals surface area contributed by atoms with Crippen LogP contribution in [0.1, 0.15) is 38.7 Å². The summed E-state index contributed by atoms with van der Waals surface area (Å²) in [6.45, 7) is 6.02. The molecular weight excluding hydrogens is 366 g/mol. The van der Waals surface area contributed by atoms with Crippen molar-refractivity contribution in [3.63, 3.8) is 0 Å². The largest absolute Gasteiger partial charge is 0.389 e. The summed E-state index contributed by atoms with van der Waals surface area (Å²) in [4.78, 5) is 23.4. The molecule has 4 atom stereocenters. The highest BCUT2D eigenvalue weighted by atomic mass is 16.7. The van der Waals surface area contributed by atoms with E-state index in [1.54, 1.807) is 19.1 Å². The van der Waals surface area contributed by atoms with E-state index in [1.165, 1.54) is 12.1 Å². The molecule has 28 heavy (non-hydrogen) atoms. The third kappa shape index (κ3) is 3.65. The molecule has 0 radical (unpaired) electrons. The number of carbonyl (C=O) groups is 1. The maximum atomic E-state index is 12.6. The summed E-state index contributed by atoms with van der Waals surface area (Å²) in [5.41, 5.74) is 2.22. The Morgan fingerprint density at radius 1 is 1.39 bits per heavy atom. The number of hydrogen-bond acceptors (Lipinski definition) is 7. The molecule has 0 bridgehead atoms. The van der Waals surface area contributed by atoms with Crippen LogP contribution in [-0.2, 0) is 14.3 Å². The quantitative estimate of drug-likeness (QED) is 0.416. The molecule has 1 aromatic carbocycles. The standard InChI is InChI=1S/C19H25N3O6/c1-4-27-18(28-5-2)16-14(11-7-6-8-12(9-11)22(25)26)15-13(10-19(16,3)24)20-21-17(15)23/h6-9,14-16,18,24H,4-5,10H2,1-3H3,(H,21,23). The van der Waals surface area contributed by atoms with Gasteiger partial charge in [-0.1, -0.05) is 12.1 Å². The lowest BCUT2D eigenvalue weighted by atomic mass is 9.61. The minimum atomic E-state index is -1.29. The van der Waals surface area contributed by atoms with E-state index in [1.807, 2.05) is 13.8 Å². The van der Waals surface area contributed by atoms with Crippen molar-refractivity contribution in [3.05, 3.63) is 39.9 Å². The first-order chi connectivity index (χ1) is 13.3. The molecule has 0 spiro atoms. The van der Waals surface area contributed by atoms with E-state index in [0.29, 0.717) is 24.5 Å². The number of nitro groups is 1. The first kappa shape index (κ1) is 20.4. The molecular formula is C19H25N3O6. The SMILES string of the molecule is CCOC(OCC)C1C(c2cccc([N+](=O)[O-])c2)C2C(=O)NN=C2CC1(C)O. The van der Waals surface area contributed by atoms with Crippen LogP contribution in [0, 0.1) is 22.0 Å². The smallest absolute Gasteiger partial charge is 0.269 e. The molecule has 9 nitrogen and oxygen atoms in total. The average Bonchev–Trinajstić information content (AvgIpc) is 2.99. The summed E-state index contributed by atoms with van der Waals surface area (Å²) in [6, 6.07) is 6.14. The van der Waals surface area contributed by atoms with E-state index in [0.717, 1.165) is 0 Å². The fraction of sp³-hybridized carbons (Fsp3) is 0.579. The highest BCUT2D eigenvalue weighted by molar-refractivity contribution is 6.09. The summed E-state index contributed by atoms with van der Waals surface area (Å²) in [6.07, 6.45) is -0.590. The molecule has 1 aliphatic heterocycles. The second-order valence-corrected chi connectivity index (χ2v) is 7.27. The van der Waals surface area contributed by atoms with E-state index < -0.39 is 34.6 Å².